The number of aromatic nitrogens is 2. The molecule has 7 heteroatoms. The Morgan fingerprint density at radius 3 is 2.70 bits per heavy atom. The van der Waals surface area contributed by atoms with Crippen LogP contribution in [0.2, 0.25) is 18.1 Å². The van der Waals surface area contributed by atoms with Gasteiger partial charge in [-0.15, -0.1) is 0 Å². The molecule has 0 amide bonds. The number of nitrogens with zero attached hydrogens (tertiary/aromatic N) is 2. The Kier molecular flexibility index (Phi) is 5.43. The van der Waals surface area contributed by atoms with Crippen molar-refractivity contribution in [1.29, 1.82) is 0 Å². The van der Waals surface area contributed by atoms with Crippen molar-refractivity contribution >= 4 is 14.1 Å². The Morgan fingerprint density at radius 1 is 1.48 bits per heavy atom. The van der Waals surface area contributed by atoms with Crippen molar-refractivity contribution in [2.75, 3.05) is 11.9 Å². The smallest absolute Gasteiger partial charge is 0.192 e. The van der Waals surface area contributed by atoms with Gasteiger partial charge in [0.2, 0.25) is 0 Å². The van der Waals surface area contributed by atoms with Crippen LogP contribution in [0.15, 0.2) is 12.5 Å². The SMILES string of the molecule is CC(C)(C)[Si](C)(C)O[C@@H]1[C@@H](CO)C[C@@H](Nc2[c]cncn2)[C@H]1F. The molecule has 1 aromatic heterocycles. The lowest BCUT2D eigenvalue weighted by Gasteiger charge is -2.40. The molecule has 1 saturated carbocycles. The average molecular weight is 340 g/mol. The van der Waals surface area contributed by atoms with Crippen LogP contribution >= 0.6 is 0 Å². The van der Waals surface area contributed by atoms with Crippen LogP contribution in [0.25, 0.3) is 0 Å². The predicted octanol–water partition coefficient (Wildman–Crippen LogP) is 2.80. The van der Waals surface area contributed by atoms with Crippen LogP contribution in [0, 0.1) is 12.0 Å². The van der Waals surface area contributed by atoms with Gasteiger partial charge in [-0.25, -0.2) is 14.4 Å². The molecule has 1 radical (unpaired) electrons. The maximum atomic E-state index is 15.0. The molecule has 129 valence electrons. The number of hydrogen-bond donors (Lipinski definition) is 2. The summed E-state index contributed by atoms with van der Waals surface area (Å²) >= 11 is 0. The second-order valence-electron chi connectivity index (χ2n) is 7.73. The molecule has 1 heterocycles. The fourth-order valence-electron chi connectivity index (χ4n) is 2.59. The van der Waals surface area contributed by atoms with E-state index in [-0.39, 0.29) is 17.6 Å². The van der Waals surface area contributed by atoms with E-state index >= 15 is 0 Å². The monoisotopic (exact) mass is 340 g/mol. The van der Waals surface area contributed by atoms with Gasteiger partial charge in [-0.1, -0.05) is 20.8 Å². The van der Waals surface area contributed by atoms with Crippen LogP contribution < -0.4 is 5.32 Å². The van der Waals surface area contributed by atoms with E-state index in [1.165, 1.54) is 12.5 Å². The summed E-state index contributed by atoms with van der Waals surface area (Å²) in [6.07, 6.45) is 1.62. The number of anilines is 1. The highest BCUT2D eigenvalue weighted by atomic mass is 28.4. The third-order valence-electron chi connectivity index (χ3n) is 5.04. The molecule has 5 nitrogen and oxygen atoms in total. The number of hydrogen-bond acceptors (Lipinski definition) is 5. The van der Waals surface area contributed by atoms with E-state index in [2.05, 4.69) is 55.2 Å². The molecule has 1 aliphatic carbocycles. The standard InChI is InChI=1S/C16H27FN3O2Si/c1-16(2,3)23(4,5)22-15-11(9-21)8-12(14(15)17)20-13-6-7-18-10-19-13/h7,10-12,14-15,21H,8-9H2,1-5H3,(H,18,19,20)/t11-,12-,14-,15-/m1/s1. The van der Waals surface area contributed by atoms with Crippen molar-refractivity contribution in [2.24, 2.45) is 5.92 Å². The van der Waals surface area contributed by atoms with E-state index in [1.807, 2.05) is 0 Å². The predicted molar refractivity (Wildman–Crippen MR) is 90.4 cm³/mol. The minimum atomic E-state index is -2.10. The van der Waals surface area contributed by atoms with Crippen LogP contribution in [0.5, 0.6) is 0 Å². The molecule has 0 unspecified atom stereocenters. The Balaban J connectivity index is 2.11. The summed E-state index contributed by atoms with van der Waals surface area (Å²) in [5.41, 5.74) is 0. The highest BCUT2D eigenvalue weighted by molar-refractivity contribution is 6.74. The Bertz CT molecular complexity index is 510. The zero-order chi connectivity index (χ0) is 17.3. The highest BCUT2D eigenvalue weighted by Crippen LogP contribution is 2.42. The van der Waals surface area contributed by atoms with Gasteiger partial charge in [-0.3, -0.25) is 0 Å². The average Bonchev–Trinajstić information content (AvgIpc) is 2.75. The lowest BCUT2D eigenvalue weighted by Crippen LogP contribution is -2.48. The van der Waals surface area contributed by atoms with Crippen molar-refractivity contribution in [3.63, 3.8) is 0 Å². The third kappa shape index (κ3) is 4.08. The molecule has 0 saturated heterocycles. The van der Waals surface area contributed by atoms with E-state index in [0.717, 1.165) is 0 Å². The molecule has 0 bridgehead atoms. The maximum absolute atomic E-state index is 15.0. The van der Waals surface area contributed by atoms with E-state index in [9.17, 15) is 9.50 Å². The minimum Gasteiger partial charge on any atom is -0.411 e. The van der Waals surface area contributed by atoms with Crippen LogP contribution in [-0.4, -0.2) is 48.3 Å². The van der Waals surface area contributed by atoms with E-state index in [1.54, 1.807) is 0 Å². The summed E-state index contributed by atoms with van der Waals surface area (Å²) in [7, 11) is -2.10. The van der Waals surface area contributed by atoms with Gasteiger partial charge in [0.15, 0.2) is 8.32 Å². The van der Waals surface area contributed by atoms with Gasteiger partial charge in [-0.05, 0) is 24.6 Å². The summed E-state index contributed by atoms with van der Waals surface area (Å²) in [5.74, 6) is 0.260. The summed E-state index contributed by atoms with van der Waals surface area (Å²) in [4.78, 5) is 7.83. The zero-order valence-corrected chi connectivity index (χ0v) is 15.5. The molecular weight excluding hydrogens is 313 g/mol. The first kappa shape index (κ1) is 18.3. The van der Waals surface area contributed by atoms with E-state index in [0.29, 0.717) is 12.2 Å². The van der Waals surface area contributed by atoms with Crippen LogP contribution in [-0.2, 0) is 4.43 Å². The number of halogens is 1. The fraction of sp³-hybridized carbons (Fsp3) is 0.750. The second kappa shape index (κ2) is 6.82. The molecule has 0 aliphatic heterocycles. The molecular formula is C16H27FN3O2Si. The van der Waals surface area contributed by atoms with E-state index in [4.69, 9.17) is 4.43 Å². The second-order valence-corrected chi connectivity index (χ2v) is 12.5. The fourth-order valence-corrected chi connectivity index (χ4v) is 3.95. The molecule has 0 spiro atoms. The number of nitrogens with one attached hydrogen (secondary N) is 1. The van der Waals surface area contributed by atoms with Crippen molar-refractivity contribution in [3.8, 4) is 0 Å². The van der Waals surface area contributed by atoms with Gasteiger partial charge in [0, 0.05) is 24.8 Å². The lowest BCUT2D eigenvalue weighted by molar-refractivity contribution is 0.0530. The molecule has 4 atom stereocenters. The summed E-state index contributed by atoms with van der Waals surface area (Å²) in [6.45, 7) is 10.5. The number of alkyl halides is 1. The molecule has 2 N–H and O–H groups in total. The van der Waals surface area contributed by atoms with Gasteiger partial charge in [0.05, 0.1) is 12.1 Å². The zero-order valence-electron chi connectivity index (χ0n) is 14.5. The van der Waals surface area contributed by atoms with Crippen molar-refractivity contribution in [1.82, 2.24) is 9.97 Å². The first-order valence-corrected chi connectivity index (χ1v) is 10.9. The van der Waals surface area contributed by atoms with Crippen molar-refractivity contribution < 1.29 is 13.9 Å². The van der Waals surface area contributed by atoms with Crippen molar-refractivity contribution in [2.45, 2.75) is 63.6 Å². The Hall–Kier alpha value is -1.05. The summed E-state index contributed by atoms with van der Waals surface area (Å²) < 4.78 is 21.2. The van der Waals surface area contributed by atoms with Gasteiger partial charge in [0.1, 0.15) is 18.3 Å². The number of aliphatic hydroxyl groups excluding tert-OH is 1. The molecule has 2 rings (SSSR count). The lowest BCUT2D eigenvalue weighted by atomic mass is 10.1. The van der Waals surface area contributed by atoms with E-state index < -0.39 is 26.6 Å². The highest BCUT2D eigenvalue weighted by Gasteiger charge is 2.49. The summed E-state index contributed by atoms with van der Waals surface area (Å²) in [6, 6.07) is 2.40. The van der Waals surface area contributed by atoms with Crippen LogP contribution in [0.4, 0.5) is 10.2 Å². The minimum absolute atomic E-state index is 0.00132. The Labute approximate surface area is 138 Å². The van der Waals surface area contributed by atoms with Gasteiger partial charge in [-0.2, -0.15) is 0 Å². The largest absolute Gasteiger partial charge is 0.411 e. The summed E-state index contributed by atoms with van der Waals surface area (Å²) in [5, 5.41) is 12.7. The molecule has 1 aromatic rings. The molecule has 1 aliphatic rings. The topological polar surface area (TPSA) is 67.3 Å². The van der Waals surface area contributed by atoms with Crippen molar-refractivity contribution in [3.05, 3.63) is 18.6 Å². The molecule has 1 fully saturated rings. The quantitative estimate of drug-likeness (QED) is 0.807. The van der Waals surface area contributed by atoms with Crippen LogP contribution in [0.1, 0.15) is 27.2 Å². The number of rotatable bonds is 5. The third-order valence-corrected chi connectivity index (χ3v) is 9.52. The number of aliphatic hydroxyl groups is 1. The van der Waals surface area contributed by atoms with Gasteiger partial charge < -0.3 is 14.8 Å². The van der Waals surface area contributed by atoms with Crippen LogP contribution in [0.3, 0.4) is 0 Å². The van der Waals surface area contributed by atoms with Gasteiger partial charge >= 0.3 is 0 Å². The first-order valence-electron chi connectivity index (χ1n) is 8.02. The molecule has 23 heavy (non-hydrogen) atoms. The van der Waals surface area contributed by atoms with Gasteiger partial charge in [0.25, 0.3) is 0 Å². The normalized spacial score (nSPS) is 28.8. The maximum Gasteiger partial charge on any atom is 0.192 e. The Morgan fingerprint density at radius 2 is 2.17 bits per heavy atom. The first-order chi connectivity index (χ1) is 10.7. The molecule has 0 aromatic carbocycles.